The van der Waals surface area contributed by atoms with Gasteiger partial charge in [-0.25, -0.2) is 0 Å². The highest BCUT2D eigenvalue weighted by Crippen LogP contribution is 2.16. The molecule has 1 atom stereocenters. The maximum Gasteiger partial charge on any atom is 0.193 e. The van der Waals surface area contributed by atoms with Gasteiger partial charge in [-0.3, -0.25) is 4.99 Å². The lowest BCUT2D eigenvalue weighted by Gasteiger charge is -2.21. The fourth-order valence-corrected chi connectivity index (χ4v) is 3.09. The van der Waals surface area contributed by atoms with Gasteiger partial charge in [-0.2, -0.15) is 0 Å². The van der Waals surface area contributed by atoms with Gasteiger partial charge in [0.1, 0.15) is 0 Å². The highest BCUT2D eigenvalue weighted by Gasteiger charge is 2.24. The van der Waals surface area contributed by atoms with Crippen molar-refractivity contribution in [2.24, 2.45) is 10.9 Å². The fraction of sp³-hybridized carbons (Fsp3) is 0.650. The van der Waals surface area contributed by atoms with Gasteiger partial charge in [-0.1, -0.05) is 30.3 Å². The van der Waals surface area contributed by atoms with Gasteiger partial charge >= 0.3 is 0 Å². The number of methoxy groups -OCH3 is 1. The van der Waals surface area contributed by atoms with Gasteiger partial charge in [0.25, 0.3) is 0 Å². The Morgan fingerprint density at radius 1 is 1.27 bits per heavy atom. The molecule has 1 aromatic carbocycles. The Labute approximate surface area is 175 Å². The zero-order valence-electron chi connectivity index (χ0n) is 16.2. The third-order valence-electron chi connectivity index (χ3n) is 4.43. The molecule has 1 aliphatic rings. The number of rotatable bonds is 10. The number of halogens is 1. The monoisotopic (exact) mass is 475 g/mol. The van der Waals surface area contributed by atoms with Crippen molar-refractivity contribution in [2.75, 3.05) is 53.1 Å². The van der Waals surface area contributed by atoms with E-state index in [0.717, 1.165) is 51.6 Å². The lowest BCUT2D eigenvalue weighted by atomic mass is 10.1. The third kappa shape index (κ3) is 8.68. The predicted molar refractivity (Wildman–Crippen MR) is 119 cm³/mol. The molecule has 1 heterocycles. The van der Waals surface area contributed by atoms with Gasteiger partial charge in [-0.05, 0) is 31.7 Å². The Morgan fingerprint density at radius 2 is 2.08 bits per heavy atom. The second-order valence-corrected chi connectivity index (χ2v) is 6.49. The molecular weight excluding hydrogens is 441 g/mol. The second-order valence-electron chi connectivity index (χ2n) is 6.49. The summed E-state index contributed by atoms with van der Waals surface area (Å²) in [7, 11) is 1.71. The van der Waals surface area contributed by atoms with E-state index in [-0.39, 0.29) is 24.0 Å². The van der Waals surface area contributed by atoms with E-state index in [2.05, 4.69) is 47.5 Å². The molecular formula is C20H34IN3O2. The Morgan fingerprint density at radius 3 is 2.81 bits per heavy atom. The molecule has 6 heteroatoms. The van der Waals surface area contributed by atoms with Crippen molar-refractivity contribution in [3.63, 3.8) is 0 Å². The van der Waals surface area contributed by atoms with Gasteiger partial charge in [0, 0.05) is 39.2 Å². The van der Waals surface area contributed by atoms with Crippen molar-refractivity contribution >= 4 is 29.9 Å². The first kappa shape index (κ1) is 23.2. The smallest absolute Gasteiger partial charge is 0.193 e. The number of aryl methyl sites for hydroxylation is 1. The highest BCUT2D eigenvalue weighted by atomic mass is 127. The van der Waals surface area contributed by atoms with Crippen LogP contribution >= 0.6 is 24.0 Å². The fourth-order valence-electron chi connectivity index (χ4n) is 3.09. The van der Waals surface area contributed by atoms with E-state index in [1.807, 2.05) is 0 Å². The normalized spacial score (nSPS) is 17.2. The van der Waals surface area contributed by atoms with Crippen LogP contribution < -0.4 is 5.32 Å². The molecule has 0 radical (unpaired) electrons. The molecule has 0 saturated carbocycles. The Kier molecular flexibility index (Phi) is 12.7. The summed E-state index contributed by atoms with van der Waals surface area (Å²) in [5, 5.41) is 3.44. The number of hydrogen-bond donors (Lipinski definition) is 1. The summed E-state index contributed by atoms with van der Waals surface area (Å²) in [6.45, 7) is 8.14. The number of nitrogens with zero attached hydrogens (tertiary/aromatic N) is 2. The Hall–Kier alpha value is -0.860. The molecule has 5 nitrogen and oxygen atoms in total. The first-order valence-corrected chi connectivity index (χ1v) is 9.47. The van der Waals surface area contributed by atoms with Gasteiger partial charge in [-0.15, -0.1) is 24.0 Å². The molecule has 0 bridgehead atoms. The highest BCUT2D eigenvalue weighted by molar-refractivity contribution is 14.0. The second kappa shape index (κ2) is 14.2. The van der Waals surface area contributed by atoms with Gasteiger partial charge in [0.05, 0.1) is 19.8 Å². The van der Waals surface area contributed by atoms with E-state index in [1.165, 1.54) is 12.0 Å². The molecule has 1 fully saturated rings. The summed E-state index contributed by atoms with van der Waals surface area (Å²) in [5.41, 5.74) is 1.39. The maximum atomic E-state index is 5.68. The topological polar surface area (TPSA) is 46.1 Å². The Bertz CT molecular complexity index is 499. The summed E-state index contributed by atoms with van der Waals surface area (Å²) in [6, 6.07) is 10.6. The van der Waals surface area contributed by atoms with Crippen LogP contribution in [0, 0.1) is 5.92 Å². The summed E-state index contributed by atoms with van der Waals surface area (Å²) in [6.07, 6.45) is 3.33. The minimum atomic E-state index is 0. The molecule has 148 valence electrons. The van der Waals surface area contributed by atoms with Crippen LogP contribution in [-0.2, 0) is 15.9 Å². The summed E-state index contributed by atoms with van der Waals surface area (Å²) in [4.78, 5) is 7.20. The van der Waals surface area contributed by atoms with Gasteiger partial charge < -0.3 is 19.7 Å². The predicted octanol–water partition coefficient (Wildman–Crippen LogP) is 3.19. The molecule has 0 aliphatic carbocycles. The molecule has 26 heavy (non-hydrogen) atoms. The van der Waals surface area contributed by atoms with Crippen molar-refractivity contribution in [2.45, 2.75) is 26.2 Å². The van der Waals surface area contributed by atoms with Crippen LogP contribution in [0.1, 0.15) is 25.3 Å². The first-order valence-electron chi connectivity index (χ1n) is 9.47. The van der Waals surface area contributed by atoms with Crippen molar-refractivity contribution < 1.29 is 9.47 Å². The van der Waals surface area contributed by atoms with E-state index in [9.17, 15) is 0 Å². The molecule has 1 unspecified atom stereocenters. The molecule has 0 aromatic heterocycles. The number of aliphatic imine (C=N–C) groups is 1. The molecule has 2 rings (SSSR count). The average Bonchev–Trinajstić information content (AvgIpc) is 3.11. The zero-order valence-corrected chi connectivity index (χ0v) is 18.5. The molecule has 1 saturated heterocycles. The van der Waals surface area contributed by atoms with Crippen LogP contribution in [0.3, 0.4) is 0 Å². The van der Waals surface area contributed by atoms with Crippen molar-refractivity contribution in [1.29, 1.82) is 0 Å². The molecule has 0 spiro atoms. The summed E-state index contributed by atoms with van der Waals surface area (Å²) >= 11 is 0. The van der Waals surface area contributed by atoms with Gasteiger partial charge in [0.2, 0.25) is 0 Å². The zero-order chi connectivity index (χ0) is 17.7. The summed E-state index contributed by atoms with van der Waals surface area (Å²) in [5.74, 6) is 1.64. The summed E-state index contributed by atoms with van der Waals surface area (Å²) < 4.78 is 10.7. The van der Waals surface area contributed by atoms with Gasteiger partial charge in [0.15, 0.2) is 5.96 Å². The van der Waals surface area contributed by atoms with Crippen LogP contribution in [0.25, 0.3) is 0 Å². The van der Waals surface area contributed by atoms with E-state index in [0.29, 0.717) is 19.1 Å². The maximum absolute atomic E-state index is 5.68. The van der Waals surface area contributed by atoms with Crippen LogP contribution in [0.5, 0.6) is 0 Å². The van der Waals surface area contributed by atoms with Crippen LogP contribution in [0.4, 0.5) is 0 Å². The van der Waals surface area contributed by atoms with E-state index < -0.39 is 0 Å². The van der Waals surface area contributed by atoms with Crippen LogP contribution in [-0.4, -0.2) is 64.0 Å². The molecule has 1 N–H and O–H groups in total. The SMILES string of the molecule is CCNC(=NCCCc1ccccc1)N1CCC(COCCOC)C1.I. The molecule has 1 aliphatic heterocycles. The third-order valence-corrected chi connectivity index (χ3v) is 4.43. The molecule has 1 aromatic rings. The van der Waals surface area contributed by atoms with Crippen LogP contribution in [0.15, 0.2) is 35.3 Å². The lowest BCUT2D eigenvalue weighted by molar-refractivity contribution is 0.0536. The number of ether oxygens (including phenoxy) is 2. The van der Waals surface area contributed by atoms with E-state index in [1.54, 1.807) is 7.11 Å². The number of hydrogen-bond acceptors (Lipinski definition) is 3. The quantitative estimate of drug-likeness (QED) is 0.245. The van der Waals surface area contributed by atoms with Crippen molar-refractivity contribution in [3.8, 4) is 0 Å². The van der Waals surface area contributed by atoms with E-state index in [4.69, 9.17) is 14.5 Å². The molecule has 0 amide bonds. The Balaban J connectivity index is 0.00000338. The number of likely N-dealkylation sites (tertiary alicyclic amines) is 1. The first-order chi connectivity index (χ1) is 12.3. The lowest BCUT2D eigenvalue weighted by Crippen LogP contribution is -2.40. The minimum Gasteiger partial charge on any atom is -0.382 e. The van der Waals surface area contributed by atoms with Crippen molar-refractivity contribution in [3.05, 3.63) is 35.9 Å². The average molecular weight is 475 g/mol. The number of benzene rings is 1. The number of nitrogens with one attached hydrogen (secondary N) is 1. The largest absolute Gasteiger partial charge is 0.382 e. The standard InChI is InChI=1S/C20H33N3O2.HI/c1-3-21-20(22-12-7-10-18-8-5-4-6-9-18)23-13-11-19(16-23)17-25-15-14-24-2;/h4-6,8-9,19H,3,7,10-17H2,1-2H3,(H,21,22);1H. The van der Waals surface area contributed by atoms with E-state index >= 15 is 0 Å². The van der Waals surface area contributed by atoms with Crippen molar-refractivity contribution in [1.82, 2.24) is 10.2 Å². The van der Waals surface area contributed by atoms with Crippen LogP contribution in [0.2, 0.25) is 0 Å². The minimum absolute atomic E-state index is 0. The number of guanidine groups is 1.